The van der Waals surface area contributed by atoms with Crippen molar-refractivity contribution < 1.29 is 9.53 Å². The summed E-state index contributed by atoms with van der Waals surface area (Å²) in [6, 6.07) is 14.5. The Kier molecular flexibility index (Phi) is 7.35. The number of hydrogen-bond donors (Lipinski definition) is 1. The number of nitrogens with zero attached hydrogens (tertiary/aromatic N) is 1. The number of piperidine rings is 1. The van der Waals surface area contributed by atoms with E-state index in [0.717, 1.165) is 31.8 Å². The zero-order valence-corrected chi connectivity index (χ0v) is 17.4. The molecule has 0 radical (unpaired) electrons. The van der Waals surface area contributed by atoms with E-state index < -0.39 is 0 Å². The summed E-state index contributed by atoms with van der Waals surface area (Å²) in [6.07, 6.45) is 3.47. The lowest BCUT2D eigenvalue weighted by atomic mass is 10.1. The minimum absolute atomic E-state index is 0.154. The molecule has 1 saturated heterocycles. The van der Waals surface area contributed by atoms with Crippen molar-refractivity contribution in [3.63, 3.8) is 0 Å². The van der Waals surface area contributed by atoms with E-state index in [1.807, 2.05) is 30.3 Å². The molecule has 0 spiro atoms. The van der Waals surface area contributed by atoms with E-state index >= 15 is 0 Å². The molecule has 1 aliphatic heterocycles. The molecule has 1 aliphatic rings. The molecule has 1 fully saturated rings. The van der Waals surface area contributed by atoms with Crippen molar-refractivity contribution in [1.29, 1.82) is 0 Å². The Labute approximate surface area is 172 Å². The van der Waals surface area contributed by atoms with Crippen LogP contribution in [0.25, 0.3) is 0 Å². The van der Waals surface area contributed by atoms with Gasteiger partial charge in [-0.15, -0.1) is 0 Å². The lowest BCUT2D eigenvalue weighted by molar-refractivity contribution is 0.0980. The molecule has 5 heteroatoms. The van der Waals surface area contributed by atoms with Crippen LogP contribution in [-0.2, 0) is 0 Å². The fourth-order valence-electron chi connectivity index (χ4n) is 3.34. The van der Waals surface area contributed by atoms with E-state index in [0.29, 0.717) is 22.0 Å². The topological polar surface area (TPSA) is 41.6 Å². The van der Waals surface area contributed by atoms with Crippen LogP contribution in [-0.4, -0.2) is 36.5 Å². The van der Waals surface area contributed by atoms with Crippen LogP contribution >= 0.6 is 11.6 Å². The van der Waals surface area contributed by atoms with Gasteiger partial charge in [-0.25, -0.2) is 0 Å². The van der Waals surface area contributed by atoms with Gasteiger partial charge in [0.15, 0.2) is 0 Å². The second kappa shape index (κ2) is 9.94. The van der Waals surface area contributed by atoms with Gasteiger partial charge in [-0.05, 0) is 62.1 Å². The predicted octanol–water partition coefficient (Wildman–Crippen LogP) is 5.48. The van der Waals surface area contributed by atoms with Gasteiger partial charge in [-0.2, -0.15) is 0 Å². The van der Waals surface area contributed by atoms with Gasteiger partial charge in [0.2, 0.25) is 0 Å². The zero-order chi connectivity index (χ0) is 19.9. The fraction of sp³-hybridized carbons (Fsp3) is 0.435. The highest BCUT2D eigenvalue weighted by atomic mass is 35.5. The lowest BCUT2D eigenvalue weighted by Gasteiger charge is -2.32. The van der Waals surface area contributed by atoms with Gasteiger partial charge in [0.05, 0.1) is 5.02 Å². The van der Waals surface area contributed by atoms with E-state index in [1.165, 1.54) is 13.0 Å². The molecule has 3 rings (SSSR count). The van der Waals surface area contributed by atoms with Crippen molar-refractivity contribution in [3.8, 4) is 5.75 Å². The Hall–Kier alpha value is -2.04. The summed E-state index contributed by atoms with van der Waals surface area (Å²) >= 11 is 6.40. The van der Waals surface area contributed by atoms with Crippen LogP contribution in [0.3, 0.4) is 0 Å². The Morgan fingerprint density at radius 1 is 1.18 bits per heavy atom. The average molecular weight is 401 g/mol. The van der Waals surface area contributed by atoms with Gasteiger partial charge in [0, 0.05) is 24.3 Å². The number of amides is 1. The summed E-state index contributed by atoms with van der Waals surface area (Å²) in [5.74, 6) is 1.27. The van der Waals surface area contributed by atoms with Crippen molar-refractivity contribution in [2.75, 3.05) is 25.0 Å². The fourth-order valence-corrected chi connectivity index (χ4v) is 3.56. The van der Waals surface area contributed by atoms with Crippen molar-refractivity contribution >= 4 is 23.2 Å². The van der Waals surface area contributed by atoms with Crippen LogP contribution in [0.2, 0.25) is 5.02 Å². The first kappa shape index (κ1) is 20.7. The summed E-state index contributed by atoms with van der Waals surface area (Å²) in [5, 5.41) is 3.39. The van der Waals surface area contributed by atoms with E-state index in [4.69, 9.17) is 16.3 Å². The summed E-state index contributed by atoms with van der Waals surface area (Å²) in [6.45, 7) is 7.84. The van der Waals surface area contributed by atoms with E-state index in [2.05, 4.69) is 24.1 Å². The van der Waals surface area contributed by atoms with Gasteiger partial charge in [0.25, 0.3) is 5.91 Å². The van der Waals surface area contributed by atoms with Gasteiger partial charge in [0.1, 0.15) is 11.9 Å². The second-order valence-electron chi connectivity index (χ2n) is 7.81. The molecule has 0 atom stereocenters. The maximum absolute atomic E-state index is 12.3. The summed E-state index contributed by atoms with van der Waals surface area (Å²) in [5.41, 5.74) is 1.28. The molecule has 0 aromatic heterocycles. The Bertz CT molecular complexity index is 771. The van der Waals surface area contributed by atoms with Crippen molar-refractivity contribution in [2.24, 2.45) is 5.92 Å². The number of benzene rings is 2. The minimum atomic E-state index is -0.154. The number of halogens is 1. The molecule has 28 heavy (non-hydrogen) atoms. The molecule has 0 unspecified atom stereocenters. The molecule has 2 aromatic rings. The Morgan fingerprint density at radius 3 is 2.54 bits per heavy atom. The molecule has 1 amide bonds. The maximum Gasteiger partial charge on any atom is 0.255 e. The van der Waals surface area contributed by atoms with Gasteiger partial charge in [-0.3, -0.25) is 4.79 Å². The van der Waals surface area contributed by atoms with E-state index in [1.54, 1.807) is 18.2 Å². The molecular formula is C23H29ClN2O2. The molecule has 2 aromatic carbocycles. The number of likely N-dealkylation sites (tertiary alicyclic amines) is 1. The third kappa shape index (κ3) is 5.98. The highest BCUT2D eigenvalue weighted by Crippen LogP contribution is 2.30. The highest BCUT2D eigenvalue weighted by molar-refractivity contribution is 6.32. The predicted molar refractivity (Wildman–Crippen MR) is 115 cm³/mol. The molecule has 150 valence electrons. The smallest absolute Gasteiger partial charge is 0.255 e. The van der Waals surface area contributed by atoms with Crippen LogP contribution in [0.4, 0.5) is 5.69 Å². The van der Waals surface area contributed by atoms with E-state index in [9.17, 15) is 4.79 Å². The average Bonchev–Trinajstić information content (AvgIpc) is 2.70. The SMILES string of the molecule is CC(C)CCN1CCC(Oc2ccc(NC(=O)c3ccccc3)cc2Cl)CC1. The third-order valence-electron chi connectivity index (χ3n) is 5.08. The first-order chi connectivity index (χ1) is 13.5. The van der Waals surface area contributed by atoms with Crippen LogP contribution in [0.15, 0.2) is 48.5 Å². The number of anilines is 1. The summed E-state index contributed by atoms with van der Waals surface area (Å²) < 4.78 is 6.13. The standard InChI is InChI=1S/C23H29ClN2O2/c1-17(2)10-13-26-14-11-20(12-15-26)28-22-9-8-19(16-21(22)24)25-23(27)18-6-4-3-5-7-18/h3-9,16-17,20H,10-15H2,1-2H3,(H,25,27). The molecule has 1 heterocycles. The number of carbonyl (C=O) groups is 1. The van der Waals surface area contributed by atoms with E-state index in [-0.39, 0.29) is 12.0 Å². The lowest BCUT2D eigenvalue weighted by Crippen LogP contribution is -2.39. The Balaban J connectivity index is 1.51. The Morgan fingerprint density at radius 2 is 1.89 bits per heavy atom. The second-order valence-corrected chi connectivity index (χ2v) is 8.21. The third-order valence-corrected chi connectivity index (χ3v) is 5.37. The minimum Gasteiger partial charge on any atom is -0.489 e. The van der Waals surface area contributed by atoms with Crippen molar-refractivity contribution in [2.45, 2.75) is 39.2 Å². The quantitative estimate of drug-likeness (QED) is 0.668. The number of hydrogen-bond acceptors (Lipinski definition) is 3. The zero-order valence-electron chi connectivity index (χ0n) is 16.7. The first-order valence-electron chi connectivity index (χ1n) is 10.1. The first-order valence-corrected chi connectivity index (χ1v) is 10.4. The van der Waals surface area contributed by atoms with Crippen LogP contribution < -0.4 is 10.1 Å². The van der Waals surface area contributed by atoms with Gasteiger partial charge in [-0.1, -0.05) is 43.6 Å². The van der Waals surface area contributed by atoms with Crippen molar-refractivity contribution in [3.05, 3.63) is 59.1 Å². The molecule has 0 aliphatic carbocycles. The number of carbonyl (C=O) groups excluding carboxylic acids is 1. The monoisotopic (exact) mass is 400 g/mol. The maximum atomic E-state index is 12.3. The number of nitrogens with one attached hydrogen (secondary N) is 1. The molecule has 4 nitrogen and oxygen atoms in total. The van der Waals surface area contributed by atoms with Crippen molar-refractivity contribution in [1.82, 2.24) is 4.90 Å². The number of rotatable bonds is 7. The van der Waals surface area contributed by atoms with Crippen LogP contribution in [0.5, 0.6) is 5.75 Å². The number of ether oxygens (including phenoxy) is 1. The summed E-state index contributed by atoms with van der Waals surface area (Å²) in [4.78, 5) is 14.8. The largest absolute Gasteiger partial charge is 0.489 e. The molecular weight excluding hydrogens is 372 g/mol. The van der Waals surface area contributed by atoms with Crippen LogP contribution in [0, 0.1) is 5.92 Å². The summed E-state index contributed by atoms with van der Waals surface area (Å²) in [7, 11) is 0. The molecule has 1 N–H and O–H groups in total. The normalized spacial score (nSPS) is 15.6. The molecule has 0 saturated carbocycles. The highest BCUT2D eigenvalue weighted by Gasteiger charge is 2.21. The van der Waals surface area contributed by atoms with Gasteiger partial charge >= 0.3 is 0 Å². The molecule has 0 bridgehead atoms. The van der Waals surface area contributed by atoms with Gasteiger partial charge < -0.3 is 15.0 Å². The van der Waals surface area contributed by atoms with Crippen LogP contribution in [0.1, 0.15) is 43.5 Å².